The predicted octanol–water partition coefficient (Wildman–Crippen LogP) is 3.00. The maximum absolute atomic E-state index is 11.8. The molecule has 1 saturated carbocycles. The lowest BCUT2D eigenvalue weighted by atomic mass is 10.0. The van der Waals surface area contributed by atoms with Crippen LogP contribution in [-0.2, 0) is 11.3 Å². The molecular weight excluding hydrogens is 254 g/mol. The minimum atomic E-state index is 0.148. The zero-order valence-corrected chi connectivity index (χ0v) is 11.7. The maximum Gasteiger partial charge on any atom is 0.231 e. The zero-order valence-electron chi connectivity index (χ0n) is 11.7. The van der Waals surface area contributed by atoms with Crippen molar-refractivity contribution in [2.24, 2.45) is 5.92 Å². The summed E-state index contributed by atoms with van der Waals surface area (Å²) in [7, 11) is 0. The molecule has 1 aliphatic heterocycles. The second-order valence-corrected chi connectivity index (χ2v) is 5.65. The first-order chi connectivity index (χ1) is 9.81. The lowest BCUT2D eigenvalue weighted by Gasteiger charge is -2.09. The average Bonchev–Trinajstić information content (AvgIpc) is 3.13. The highest BCUT2D eigenvalue weighted by molar-refractivity contribution is 5.75. The number of amides is 1. The Kier molecular flexibility index (Phi) is 4.09. The van der Waals surface area contributed by atoms with Crippen LogP contribution in [0.1, 0.15) is 44.1 Å². The van der Waals surface area contributed by atoms with Gasteiger partial charge in [0.15, 0.2) is 11.5 Å². The van der Waals surface area contributed by atoms with Gasteiger partial charge >= 0.3 is 0 Å². The van der Waals surface area contributed by atoms with E-state index in [0.29, 0.717) is 13.0 Å². The Labute approximate surface area is 119 Å². The Morgan fingerprint density at radius 1 is 1.20 bits per heavy atom. The Morgan fingerprint density at radius 3 is 2.85 bits per heavy atom. The van der Waals surface area contributed by atoms with E-state index in [4.69, 9.17) is 9.47 Å². The molecule has 1 aromatic rings. The standard InChI is InChI=1S/C16H21NO3/c18-16(8-6-12-3-1-2-4-12)17-10-13-5-7-14-15(9-13)20-11-19-14/h5,7,9,12H,1-4,6,8,10-11H2,(H,17,18). The van der Waals surface area contributed by atoms with E-state index in [1.54, 1.807) is 0 Å². The maximum atomic E-state index is 11.8. The third-order valence-electron chi connectivity index (χ3n) is 4.18. The van der Waals surface area contributed by atoms with E-state index in [0.717, 1.165) is 29.4 Å². The molecule has 1 fully saturated rings. The minimum Gasteiger partial charge on any atom is -0.454 e. The van der Waals surface area contributed by atoms with Crippen LogP contribution in [0, 0.1) is 5.92 Å². The van der Waals surface area contributed by atoms with Crippen LogP contribution < -0.4 is 14.8 Å². The van der Waals surface area contributed by atoms with Crippen LogP contribution in [0.25, 0.3) is 0 Å². The van der Waals surface area contributed by atoms with Crippen LogP contribution in [0.5, 0.6) is 11.5 Å². The van der Waals surface area contributed by atoms with E-state index < -0.39 is 0 Å². The van der Waals surface area contributed by atoms with Crippen LogP contribution in [0.3, 0.4) is 0 Å². The van der Waals surface area contributed by atoms with Crippen molar-refractivity contribution in [2.75, 3.05) is 6.79 Å². The monoisotopic (exact) mass is 275 g/mol. The summed E-state index contributed by atoms with van der Waals surface area (Å²) in [5, 5.41) is 2.98. The van der Waals surface area contributed by atoms with Crippen molar-refractivity contribution in [1.29, 1.82) is 0 Å². The molecule has 108 valence electrons. The van der Waals surface area contributed by atoms with Crippen LogP contribution in [0.15, 0.2) is 18.2 Å². The molecule has 20 heavy (non-hydrogen) atoms. The lowest BCUT2D eigenvalue weighted by molar-refractivity contribution is -0.121. The van der Waals surface area contributed by atoms with Crippen LogP contribution in [0.4, 0.5) is 0 Å². The largest absolute Gasteiger partial charge is 0.454 e. The Bertz CT molecular complexity index is 481. The highest BCUT2D eigenvalue weighted by atomic mass is 16.7. The number of carbonyl (C=O) groups excluding carboxylic acids is 1. The van der Waals surface area contributed by atoms with Gasteiger partial charge in [-0.05, 0) is 30.0 Å². The summed E-state index contributed by atoms with van der Waals surface area (Å²) in [5.41, 5.74) is 1.04. The number of fused-ring (bicyclic) bond motifs is 1. The van der Waals surface area contributed by atoms with Gasteiger partial charge in [0.05, 0.1) is 0 Å². The molecule has 0 aromatic heterocycles. The van der Waals surface area contributed by atoms with Gasteiger partial charge in [0.25, 0.3) is 0 Å². The quantitative estimate of drug-likeness (QED) is 0.898. The summed E-state index contributed by atoms with van der Waals surface area (Å²) in [6.07, 6.45) is 6.96. The van der Waals surface area contributed by atoms with Gasteiger partial charge in [-0.15, -0.1) is 0 Å². The van der Waals surface area contributed by atoms with Gasteiger partial charge in [0.1, 0.15) is 0 Å². The first-order valence-corrected chi connectivity index (χ1v) is 7.46. The highest BCUT2D eigenvalue weighted by Crippen LogP contribution is 2.32. The number of hydrogen-bond donors (Lipinski definition) is 1. The van der Waals surface area contributed by atoms with E-state index in [9.17, 15) is 4.79 Å². The summed E-state index contributed by atoms with van der Waals surface area (Å²) in [5.74, 6) is 2.46. The molecule has 1 heterocycles. The average molecular weight is 275 g/mol. The molecule has 0 radical (unpaired) electrons. The molecule has 0 saturated heterocycles. The van der Waals surface area contributed by atoms with Crippen molar-refractivity contribution >= 4 is 5.91 Å². The molecule has 1 aromatic carbocycles. The molecule has 2 aliphatic rings. The number of carbonyl (C=O) groups is 1. The fraction of sp³-hybridized carbons (Fsp3) is 0.562. The fourth-order valence-corrected chi connectivity index (χ4v) is 2.97. The van der Waals surface area contributed by atoms with Crippen molar-refractivity contribution in [3.05, 3.63) is 23.8 Å². The molecule has 4 heteroatoms. The van der Waals surface area contributed by atoms with E-state index in [1.807, 2.05) is 18.2 Å². The molecule has 0 spiro atoms. The summed E-state index contributed by atoms with van der Waals surface area (Å²) in [6, 6.07) is 5.78. The normalized spacial score (nSPS) is 17.4. The minimum absolute atomic E-state index is 0.148. The van der Waals surface area contributed by atoms with Gasteiger partial charge in [0.2, 0.25) is 12.7 Å². The van der Waals surface area contributed by atoms with Crippen molar-refractivity contribution < 1.29 is 14.3 Å². The molecule has 1 N–H and O–H groups in total. The Hall–Kier alpha value is -1.71. The summed E-state index contributed by atoms with van der Waals surface area (Å²) < 4.78 is 10.6. The van der Waals surface area contributed by atoms with E-state index in [2.05, 4.69) is 5.32 Å². The second kappa shape index (κ2) is 6.16. The smallest absolute Gasteiger partial charge is 0.231 e. The van der Waals surface area contributed by atoms with Crippen LogP contribution >= 0.6 is 0 Å². The zero-order chi connectivity index (χ0) is 13.8. The Morgan fingerprint density at radius 2 is 2.00 bits per heavy atom. The van der Waals surface area contributed by atoms with Crippen molar-refractivity contribution in [2.45, 2.75) is 45.1 Å². The number of hydrogen-bond acceptors (Lipinski definition) is 3. The number of benzene rings is 1. The topological polar surface area (TPSA) is 47.6 Å². The van der Waals surface area contributed by atoms with Gasteiger partial charge in [-0.3, -0.25) is 4.79 Å². The van der Waals surface area contributed by atoms with Crippen LogP contribution in [-0.4, -0.2) is 12.7 Å². The number of ether oxygens (including phenoxy) is 2. The van der Waals surface area contributed by atoms with Crippen molar-refractivity contribution in [1.82, 2.24) is 5.32 Å². The fourth-order valence-electron chi connectivity index (χ4n) is 2.97. The number of rotatable bonds is 5. The second-order valence-electron chi connectivity index (χ2n) is 5.65. The van der Waals surface area contributed by atoms with Gasteiger partial charge < -0.3 is 14.8 Å². The first kappa shape index (κ1) is 13.3. The molecule has 4 nitrogen and oxygen atoms in total. The van der Waals surface area contributed by atoms with Gasteiger partial charge in [-0.1, -0.05) is 31.7 Å². The van der Waals surface area contributed by atoms with Gasteiger partial charge in [-0.25, -0.2) is 0 Å². The predicted molar refractivity (Wildman–Crippen MR) is 75.6 cm³/mol. The molecule has 0 unspecified atom stereocenters. The SMILES string of the molecule is O=C(CCC1CCCC1)NCc1ccc2c(c1)OCO2. The van der Waals surface area contributed by atoms with Crippen LogP contribution in [0.2, 0.25) is 0 Å². The van der Waals surface area contributed by atoms with Gasteiger partial charge in [-0.2, -0.15) is 0 Å². The number of nitrogens with one attached hydrogen (secondary N) is 1. The molecule has 0 atom stereocenters. The van der Waals surface area contributed by atoms with E-state index >= 15 is 0 Å². The molecular formula is C16H21NO3. The summed E-state index contributed by atoms with van der Waals surface area (Å²) in [6.45, 7) is 0.840. The third-order valence-corrected chi connectivity index (χ3v) is 4.18. The summed E-state index contributed by atoms with van der Waals surface area (Å²) in [4.78, 5) is 11.8. The summed E-state index contributed by atoms with van der Waals surface area (Å²) >= 11 is 0. The Balaban J connectivity index is 1.43. The molecule has 3 rings (SSSR count). The van der Waals surface area contributed by atoms with Gasteiger partial charge in [0, 0.05) is 13.0 Å². The molecule has 1 aliphatic carbocycles. The van der Waals surface area contributed by atoms with Crippen molar-refractivity contribution in [3.63, 3.8) is 0 Å². The first-order valence-electron chi connectivity index (χ1n) is 7.46. The lowest BCUT2D eigenvalue weighted by Crippen LogP contribution is -2.22. The van der Waals surface area contributed by atoms with Crippen molar-refractivity contribution in [3.8, 4) is 11.5 Å². The highest BCUT2D eigenvalue weighted by Gasteiger charge is 2.16. The third kappa shape index (κ3) is 3.24. The molecule has 1 amide bonds. The molecule has 0 bridgehead atoms. The van der Waals surface area contributed by atoms with E-state index in [-0.39, 0.29) is 12.7 Å². The van der Waals surface area contributed by atoms with E-state index in [1.165, 1.54) is 25.7 Å².